The highest BCUT2D eigenvalue weighted by Crippen LogP contribution is 2.41. The van der Waals surface area contributed by atoms with Gasteiger partial charge in [-0.3, -0.25) is 4.79 Å². The van der Waals surface area contributed by atoms with Gasteiger partial charge < -0.3 is 0 Å². The highest BCUT2D eigenvalue weighted by atomic mass is 16.1. The molecule has 0 saturated heterocycles. The van der Waals surface area contributed by atoms with E-state index in [1.54, 1.807) is 6.08 Å². The van der Waals surface area contributed by atoms with Crippen molar-refractivity contribution in [1.82, 2.24) is 0 Å². The third-order valence-corrected chi connectivity index (χ3v) is 3.09. The van der Waals surface area contributed by atoms with Crippen LogP contribution in [0.2, 0.25) is 0 Å². The Hall–Kier alpha value is -0.850. The number of allylic oxidation sites excluding steroid dienone is 4. The van der Waals surface area contributed by atoms with Gasteiger partial charge in [0.25, 0.3) is 0 Å². The second kappa shape index (κ2) is 4.12. The molecule has 1 aliphatic rings. The van der Waals surface area contributed by atoms with Gasteiger partial charge in [0.2, 0.25) is 0 Å². The maximum atomic E-state index is 11.9. The van der Waals surface area contributed by atoms with Crippen LogP contribution in [0.1, 0.15) is 34.1 Å². The Kier molecular flexibility index (Phi) is 3.30. The van der Waals surface area contributed by atoms with Crippen molar-refractivity contribution in [2.45, 2.75) is 34.1 Å². The lowest BCUT2D eigenvalue weighted by atomic mass is 9.65. The van der Waals surface area contributed by atoms with Crippen molar-refractivity contribution in [2.24, 2.45) is 17.3 Å². The van der Waals surface area contributed by atoms with Gasteiger partial charge in [0.1, 0.15) is 0 Å². The fraction of sp³-hybridized carbons (Fsp3) is 0.615. The lowest BCUT2D eigenvalue weighted by molar-refractivity contribution is -0.123. The third kappa shape index (κ3) is 2.14. The summed E-state index contributed by atoms with van der Waals surface area (Å²) in [7, 11) is 0. The van der Waals surface area contributed by atoms with Crippen LogP contribution in [0, 0.1) is 17.3 Å². The normalized spacial score (nSPS) is 30.9. The zero-order chi connectivity index (χ0) is 10.8. The van der Waals surface area contributed by atoms with Crippen LogP contribution in [0.5, 0.6) is 0 Å². The van der Waals surface area contributed by atoms with E-state index >= 15 is 0 Å². The summed E-state index contributed by atoms with van der Waals surface area (Å²) in [5, 5.41) is 0. The fourth-order valence-corrected chi connectivity index (χ4v) is 2.45. The Bertz CT molecular complexity index is 271. The summed E-state index contributed by atoms with van der Waals surface area (Å²) < 4.78 is 0. The molecule has 1 heteroatoms. The molecule has 0 heterocycles. The van der Waals surface area contributed by atoms with Crippen LogP contribution < -0.4 is 0 Å². The molecule has 0 aliphatic heterocycles. The fourth-order valence-electron chi connectivity index (χ4n) is 2.45. The Morgan fingerprint density at radius 1 is 1.50 bits per heavy atom. The average molecular weight is 192 g/mol. The monoisotopic (exact) mass is 192 g/mol. The molecule has 0 unspecified atom stereocenters. The molecule has 1 aliphatic carbocycles. The van der Waals surface area contributed by atoms with E-state index in [1.165, 1.54) is 0 Å². The Labute approximate surface area is 86.9 Å². The SMILES string of the molecule is C/C=C/C(=O)[C@@H]1[C@H](C)C=CCC1(C)C. The highest BCUT2D eigenvalue weighted by Gasteiger charge is 2.38. The smallest absolute Gasteiger partial charge is 0.159 e. The molecule has 0 saturated carbocycles. The molecular weight excluding hydrogens is 172 g/mol. The quantitative estimate of drug-likeness (QED) is 0.484. The molecule has 14 heavy (non-hydrogen) atoms. The largest absolute Gasteiger partial charge is 0.295 e. The van der Waals surface area contributed by atoms with Gasteiger partial charge in [0.15, 0.2) is 5.78 Å². The van der Waals surface area contributed by atoms with E-state index in [-0.39, 0.29) is 17.1 Å². The predicted molar refractivity (Wildman–Crippen MR) is 60.0 cm³/mol. The van der Waals surface area contributed by atoms with E-state index in [9.17, 15) is 4.79 Å². The van der Waals surface area contributed by atoms with Crippen LogP contribution in [0.3, 0.4) is 0 Å². The molecule has 0 bridgehead atoms. The van der Waals surface area contributed by atoms with Gasteiger partial charge in [-0.05, 0) is 30.8 Å². The summed E-state index contributed by atoms with van der Waals surface area (Å²) in [6, 6.07) is 0. The van der Waals surface area contributed by atoms with Crippen molar-refractivity contribution < 1.29 is 4.79 Å². The van der Waals surface area contributed by atoms with E-state index in [0.29, 0.717) is 5.92 Å². The first-order valence-corrected chi connectivity index (χ1v) is 5.32. The first-order chi connectivity index (χ1) is 6.49. The molecule has 0 spiro atoms. The third-order valence-electron chi connectivity index (χ3n) is 3.09. The van der Waals surface area contributed by atoms with Crippen LogP contribution in [0.15, 0.2) is 24.3 Å². The summed E-state index contributed by atoms with van der Waals surface area (Å²) in [5.74, 6) is 0.778. The molecule has 1 nitrogen and oxygen atoms in total. The molecule has 0 amide bonds. The van der Waals surface area contributed by atoms with Gasteiger partial charge >= 0.3 is 0 Å². The van der Waals surface area contributed by atoms with E-state index in [4.69, 9.17) is 0 Å². The molecule has 0 aromatic heterocycles. The molecular formula is C13H20O. The number of carbonyl (C=O) groups is 1. The summed E-state index contributed by atoms with van der Waals surface area (Å²) in [6.45, 7) is 8.38. The van der Waals surface area contributed by atoms with Crippen LogP contribution >= 0.6 is 0 Å². The van der Waals surface area contributed by atoms with E-state index in [2.05, 4.69) is 32.9 Å². The molecule has 2 atom stereocenters. The summed E-state index contributed by atoms with van der Waals surface area (Å²) in [5.41, 5.74) is 0.102. The minimum atomic E-state index is 0.102. The van der Waals surface area contributed by atoms with Crippen molar-refractivity contribution in [3.63, 3.8) is 0 Å². The first kappa shape index (κ1) is 11.2. The van der Waals surface area contributed by atoms with Crippen LogP contribution in [-0.2, 0) is 4.79 Å². The van der Waals surface area contributed by atoms with Gasteiger partial charge in [-0.15, -0.1) is 0 Å². The van der Waals surface area contributed by atoms with E-state index in [1.807, 2.05) is 13.0 Å². The van der Waals surface area contributed by atoms with Gasteiger partial charge in [0, 0.05) is 5.92 Å². The number of ketones is 1. The standard InChI is InChI=1S/C13H20O/c1-5-7-11(14)12-10(2)8-6-9-13(12,3)4/h5-8,10,12H,9H2,1-4H3/b7-5+/t10-,12+/m1/s1. The Morgan fingerprint density at radius 3 is 2.64 bits per heavy atom. The molecule has 78 valence electrons. The topological polar surface area (TPSA) is 17.1 Å². The van der Waals surface area contributed by atoms with Crippen LogP contribution in [-0.4, -0.2) is 5.78 Å². The van der Waals surface area contributed by atoms with Crippen molar-refractivity contribution in [3.8, 4) is 0 Å². The molecule has 0 aromatic carbocycles. The Morgan fingerprint density at radius 2 is 2.14 bits per heavy atom. The molecule has 0 radical (unpaired) electrons. The maximum Gasteiger partial charge on any atom is 0.159 e. The minimum Gasteiger partial charge on any atom is -0.295 e. The van der Waals surface area contributed by atoms with Gasteiger partial charge in [-0.1, -0.05) is 39.0 Å². The molecule has 1 rings (SSSR count). The molecule has 0 N–H and O–H groups in total. The van der Waals surface area contributed by atoms with E-state index < -0.39 is 0 Å². The summed E-state index contributed by atoms with van der Waals surface area (Å²) in [4.78, 5) is 11.9. The predicted octanol–water partition coefficient (Wildman–Crippen LogP) is 3.37. The van der Waals surface area contributed by atoms with Crippen LogP contribution in [0.25, 0.3) is 0 Å². The molecule has 0 aromatic rings. The lowest BCUT2D eigenvalue weighted by Crippen LogP contribution is -2.36. The zero-order valence-corrected chi connectivity index (χ0v) is 9.58. The zero-order valence-electron chi connectivity index (χ0n) is 9.58. The second-order valence-electron chi connectivity index (χ2n) is 4.86. The maximum absolute atomic E-state index is 11.9. The van der Waals surface area contributed by atoms with Crippen molar-refractivity contribution >= 4 is 5.78 Å². The van der Waals surface area contributed by atoms with Gasteiger partial charge in [0.05, 0.1) is 0 Å². The number of hydrogen-bond donors (Lipinski definition) is 0. The summed E-state index contributed by atoms with van der Waals surface area (Å²) >= 11 is 0. The second-order valence-corrected chi connectivity index (χ2v) is 4.86. The number of carbonyl (C=O) groups excluding carboxylic acids is 1. The van der Waals surface area contributed by atoms with Gasteiger partial charge in [-0.25, -0.2) is 0 Å². The number of hydrogen-bond acceptors (Lipinski definition) is 1. The van der Waals surface area contributed by atoms with E-state index in [0.717, 1.165) is 6.42 Å². The Balaban J connectivity index is 2.93. The summed E-state index contributed by atoms with van der Waals surface area (Å²) in [6.07, 6.45) is 8.91. The number of rotatable bonds is 2. The minimum absolute atomic E-state index is 0.102. The van der Waals surface area contributed by atoms with Gasteiger partial charge in [-0.2, -0.15) is 0 Å². The average Bonchev–Trinajstić information content (AvgIpc) is 2.02. The highest BCUT2D eigenvalue weighted by molar-refractivity contribution is 5.92. The lowest BCUT2D eigenvalue weighted by Gasteiger charge is -2.38. The van der Waals surface area contributed by atoms with Crippen molar-refractivity contribution in [1.29, 1.82) is 0 Å². The molecule has 0 fully saturated rings. The first-order valence-electron chi connectivity index (χ1n) is 5.32. The van der Waals surface area contributed by atoms with Crippen molar-refractivity contribution in [3.05, 3.63) is 24.3 Å². The van der Waals surface area contributed by atoms with Crippen molar-refractivity contribution in [2.75, 3.05) is 0 Å². The van der Waals surface area contributed by atoms with Crippen LogP contribution in [0.4, 0.5) is 0 Å².